The van der Waals surface area contributed by atoms with E-state index in [-0.39, 0.29) is 23.9 Å². The first-order valence-corrected chi connectivity index (χ1v) is 8.79. The predicted octanol–water partition coefficient (Wildman–Crippen LogP) is -8.48. The molecule has 0 rings (SSSR count). The first kappa shape index (κ1) is 34.9. The van der Waals surface area contributed by atoms with E-state index in [0.29, 0.717) is 0 Å². The maximum Gasteiger partial charge on any atom is 2.00 e. The molecule has 0 aromatic rings. The number of carboxylic acids is 2. The number of carbonyl (C=O) groups excluding carboxylic acids is 2. The molecular weight excluding hydrogens is 535 g/mol. The molecule has 10 N–H and O–H groups in total. The predicted molar refractivity (Wildman–Crippen MR) is 96.5 cm³/mol. The van der Waals surface area contributed by atoms with Gasteiger partial charge in [-0.3, -0.25) is 0 Å². The molecule has 0 heterocycles. The molecule has 0 aliphatic carbocycles. The number of aliphatic carboxylic acids is 2. The van der Waals surface area contributed by atoms with E-state index in [2.05, 4.69) is 0 Å². The van der Waals surface area contributed by atoms with Gasteiger partial charge in [0.25, 0.3) is 0 Å². The number of aliphatic hydroxyl groups excluding tert-OH is 8. The van der Waals surface area contributed by atoms with E-state index in [9.17, 15) is 50.4 Å². The van der Waals surface area contributed by atoms with Gasteiger partial charge in [-0.05, 0) is 12.8 Å². The largest absolute Gasteiger partial charge is 2.00 e. The fourth-order valence-electron chi connectivity index (χ4n) is 2.15. The topological polar surface area (TPSA) is 283 Å². The van der Waals surface area contributed by atoms with Gasteiger partial charge in [-0.25, -0.2) is 0 Å². The van der Waals surface area contributed by atoms with Crippen LogP contribution in [0.1, 0.15) is 26.7 Å². The van der Waals surface area contributed by atoms with Crippen LogP contribution in [0.15, 0.2) is 0 Å². The van der Waals surface area contributed by atoms with E-state index in [1.54, 1.807) is 0 Å². The number of carboxylic acid groups (broad SMARTS) is 2. The minimum Gasteiger partial charge on any atom is -0.547 e. The Morgan fingerprint density at radius 2 is 0.935 bits per heavy atom. The summed E-state index contributed by atoms with van der Waals surface area (Å²) in [6.45, 7) is 0.782. The van der Waals surface area contributed by atoms with Crippen molar-refractivity contribution in [2.75, 3.05) is 13.2 Å². The summed E-state index contributed by atoms with van der Waals surface area (Å²) < 4.78 is 0. The number of aliphatic hydroxyl groups is 10. The van der Waals surface area contributed by atoms with Gasteiger partial charge in [-0.15, -0.1) is 0 Å². The first-order chi connectivity index (χ1) is 13.6. The number of rotatable bonds is 12. The van der Waals surface area contributed by atoms with Crippen LogP contribution in [0.25, 0.3) is 0 Å². The fraction of sp³-hybridized carbons (Fsp3) is 0.875. The second-order valence-electron chi connectivity index (χ2n) is 6.50. The van der Waals surface area contributed by atoms with Crippen LogP contribution in [-0.2, 0) is 9.59 Å². The second-order valence-corrected chi connectivity index (χ2v) is 6.50. The molecule has 15 heteroatoms. The Hall–Kier alpha value is -0.661. The van der Waals surface area contributed by atoms with E-state index >= 15 is 0 Å². The summed E-state index contributed by atoms with van der Waals surface area (Å²) >= 11 is 0. The van der Waals surface area contributed by atoms with Crippen molar-refractivity contribution in [3.8, 4) is 0 Å². The SMILES string of the molecule is CCC(O)(C(=O)[O-])C(O)C(O)C(O)CO.CCC(O)(C(=O)[O-])C(O)C(O)C(O)CO.[Sn+2]. The molecule has 14 nitrogen and oxygen atoms in total. The van der Waals surface area contributed by atoms with Crippen molar-refractivity contribution >= 4 is 35.8 Å². The third-order valence-electron chi connectivity index (χ3n) is 4.57. The summed E-state index contributed by atoms with van der Waals surface area (Å²) in [6.07, 6.45) is -12.5. The maximum atomic E-state index is 10.5. The maximum absolute atomic E-state index is 10.5. The molecule has 0 aliphatic heterocycles. The molecule has 0 saturated carbocycles. The Bertz CT molecular complexity index is 490. The van der Waals surface area contributed by atoms with E-state index in [0.717, 1.165) is 0 Å². The average Bonchev–Trinajstić information content (AvgIpc) is 2.74. The average molecular weight is 565 g/mol. The number of carbonyl (C=O) groups is 2. The third-order valence-corrected chi connectivity index (χ3v) is 4.57. The van der Waals surface area contributed by atoms with Crippen LogP contribution in [0, 0.1) is 0 Å². The molecule has 0 amide bonds. The molecule has 0 fully saturated rings. The zero-order chi connectivity index (χ0) is 24.4. The number of hydrogen-bond acceptors (Lipinski definition) is 14. The molecular formula is C16H30O14Sn. The van der Waals surface area contributed by atoms with Crippen molar-refractivity contribution in [1.82, 2.24) is 0 Å². The van der Waals surface area contributed by atoms with Gasteiger partial charge in [0, 0.05) is 0 Å². The van der Waals surface area contributed by atoms with Gasteiger partial charge in [-0.2, -0.15) is 0 Å². The minimum atomic E-state index is -2.66. The smallest absolute Gasteiger partial charge is 0.547 e. The van der Waals surface area contributed by atoms with Crippen LogP contribution in [0.2, 0.25) is 0 Å². The summed E-state index contributed by atoms with van der Waals surface area (Å²) in [5.41, 5.74) is -5.31. The third kappa shape index (κ3) is 9.01. The van der Waals surface area contributed by atoms with Gasteiger partial charge in [0.2, 0.25) is 0 Å². The first-order valence-electron chi connectivity index (χ1n) is 8.79. The van der Waals surface area contributed by atoms with Crippen LogP contribution >= 0.6 is 0 Å². The van der Waals surface area contributed by atoms with Gasteiger partial charge in [-0.1, -0.05) is 13.8 Å². The molecule has 182 valence electrons. The summed E-state index contributed by atoms with van der Waals surface area (Å²) in [7, 11) is 0. The Balaban J connectivity index is -0.000000490. The van der Waals surface area contributed by atoms with Crippen molar-refractivity contribution < 1.29 is 70.9 Å². The zero-order valence-corrected chi connectivity index (χ0v) is 19.8. The van der Waals surface area contributed by atoms with Gasteiger partial charge in [0.05, 0.1) is 25.2 Å². The molecule has 0 saturated heterocycles. The Morgan fingerprint density at radius 3 is 1.06 bits per heavy atom. The van der Waals surface area contributed by atoms with Crippen LogP contribution in [0.3, 0.4) is 0 Å². The van der Waals surface area contributed by atoms with Crippen LogP contribution in [-0.4, -0.2) is 148 Å². The van der Waals surface area contributed by atoms with Crippen molar-refractivity contribution in [2.45, 2.75) is 74.5 Å². The molecule has 0 aromatic carbocycles. The van der Waals surface area contributed by atoms with Gasteiger partial charge >= 0.3 is 23.9 Å². The van der Waals surface area contributed by atoms with E-state index < -0.39 is 85.8 Å². The molecule has 2 radical (unpaired) electrons. The second kappa shape index (κ2) is 15.2. The van der Waals surface area contributed by atoms with Crippen LogP contribution in [0.4, 0.5) is 0 Å². The number of hydrogen-bond donors (Lipinski definition) is 10. The van der Waals surface area contributed by atoms with E-state index in [1.807, 2.05) is 0 Å². The zero-order valence-electron chi connectivity index (χ0n) is 16.9. The molecule has 0 bridgehead atoms. The van der Waals surface area contributed by atoms with Crippen molar-refractivity contribution in [3.63, 3.8) is 0 Å². The van der Waals surface area contributed by atoms with Crippen molar-refractivity contribution in [2.24, 2.45) is 0 Å². The van der Waals surface area contributed by atoms with Gasteiger partial charge < -0.3 is 70.9 Å². The Kier molecular flexibility index (Phi) is 17.2. The molecule has 8 unspecified atom stereocenters. The summed E-state index contributed by atoms with van der Waals surface area (Å²) in [4.78, 5) is 21.1. The molecule has 31 heavy (non-hydrogen) atoms. The molecule has 0 spiro atoms. The monoisotopic (exact) mass is 566 g/mol. The summed E-state index contributed by atoms with van der Waals surface area (Å²) in [5.74, 6) is -3.91. The normalized spacial score (nSPS) is 20.8. The van der Waals surface area contributed by atoms with Crippen molar-refractivity contribution in [3.05, 3.63) is 0 Å². The standard InChI is InChI=1S/2C8H16O7.Sn/c2*1-2-8(15,7(13)14)6(12)5(11)4(10)3-9;/h2*4-6,9-12,15H,2-3H2,1H3,(H,13,14);/q;;+2/p-2. The Labute approximate surface area is 194 Å². The van der Waals surface area contributed by atoms with Crippen LogP contribution < -0.4 is 10.2 Å². The van der Waals surface area contributed by atoms with Crippen molar-refractivity contribution in [1.29, 1.82) is 0 Å². The quantitative estimate of drug-likeness (QED) is 0.0985. The minimum absolute atomic E-state index is 0. The summed E-state index contributed by atoms with van der Waals surface area (Å²) in [5, 5.41) is 112. The van der Waals surface area contributed by atoms with Gasteiger partial charge in [0.15, 0.2) is 0 Å². The van der Waals surface area contributed by atoms with Crippen LogP contribution in [0.5, 0.6) is 0 Å². The van der Waals surface area contributed by atoms with E-state index in [1.165, 1.54) is 13.8 Å². The molecule has 0 aliphatic rings. The molecule has 8 atom stereocenters. The molecule has 0 aromatic heterocycles. The van der Waals surface area contributed by atoms with E-state index in [4.69, 9.17) is 20.4 Å². The van der Waals surface area contributed by atoms with Gasteiger partial charge in [0.1, 0.15) is 47.8 Å². The Morgan fingerprint density at radius 1 is 0.710 bits per heavy atom. The summed E-state index contributed by atoms with van der Waals surface area (Å²) in [6, 6.07) is 0. The fourth-order valence-corrected chi connectivity index (χ4v) is 2.15.